The van der Waals surface area contributed by atoms with Gasteiger partial charge in [-0.2, -0.15) is 0 Å². The zero-order valence-electron chi connectivity index (χ0n) is 12.6. The molecule has 1 N–H and O–H groups in total. The molecule has 0 amide bonds. The molecule has 0 bridgehead atoms. The number of aryl methyl sites for hydroxylation is 2. The van der Waals surface area contributed by atoms with E-state index in [2.05, 4.69) is 48.6 Å². The zero-order valence-corrected chi connectivity index (χ0v) is 12.6. The van der Waals surface area contributed by atoms with E-state index < -0.39 is 0 Å². The summed E-state index contributed by atoms with van der Waals surface area (Å²) in [6.45, 7) is 2.14. The number of hydrogen-bond donors (Lipinski definition) is 1. The van der Waals surface area contributed by atoms with Crippen LogP contribution in [0.4, 0.5) is 0 Å². The van der Waals surface area contributed by atoms with Crippen LogP contribution in [-0.2, 0) is 6.42 Å². The Kier molecular flexibility index (Phi) is 4.07. The lowest BCUT2D eigenvalue weighted by molar-refractivity contribution is 0.433. The van der Waals surface area contributed by atoms with Crippen molar-refractivity contribution in [1.29, 1.82) is 0 Å². The van der Waals surface area contributed by atoms with Gasteiger partial charge in [0.1, 0.15) is 11.3 Å². The largest absolute Gasteiger partial charge is 0.459 e. The van der Waals surface area contributed by atoms with Crippen LogP contribution in [0.1, 0.15) is 29.3 Å². The normalized spacial score (nSPS) is 12.7. The van der Waals surface area contributed by atoms with Crippen LogP contribution in [-0.4, -0.2) is 7.05 Å². The predicted molar refractivity (Wildman–Crippen MR) is 87.5 cm³/mol. The van der Waals surface area contributed by atoms with E-state index in [4.69, 9.17) is 4.42 Å². The Labute approximate surface area is 125 Å². The second-order valence-electron chi connectivity index (χ2n) is 5.56. The van der Waals surface area contributed by atoms with Gasteiger partial charge in [-0.3, -0.25) is 0 Å². The minimum Gasteiger partial charge on any atom is -0.459 e. The Balaban J connectivity index is 1.75. The third-order valence-corrected chi connectivity index (χ3v) is 3.94. The molecule has 1 unspecified atom stereocenters. The van der Waals surface area contributed by atoms with E-state index in [1.54, 1.807) is 0 Å². The standard InChI is InChI=1S/C19H21NO/c1-14-6-5-7-15(12-14)10-11-17(20-2)19-13-16-8-3-4-9-18(16)21-19/h3-9,12-13,17,20H,10-11H2,1-2H3. The average Bonchev–Trinajstić information content (AvgIpc) is 2.91. The molecule has 3 rings (SSSR count). The molecule has 3 aromatic rings. The van der Waals surface area contributed by atoms with Crippen LogP contribution in [0.2, 0.25) is 0 Å². The average molecular weight is 279 g/mol. The van der Waals surface area contributed by atoms with Crippen molar-refractivity contribution in [2.24, 2.45) is 0 Å². The van der Waals surface area contributed by atoms with E-state index in [1.807, 2.05) is 25.2 Å². The Bertz CT molecular complexity index is 696. The summed E-state index contributed by atoms with van der Waals surface area (Å²) in [5.41, 5.74) is 3.66. The van der Waals surface area contributed by atoms with Gasteiger partial charge in [-0.15, -0.1) is 0 Å². The molecule has 0 saturated carbocycles. The summed E-state index contributed by atoms with van der Waals surface area (Å²) in [4.78, 5) is 0. The number of para-hydroxylation sites is 1. The summed E-state index contributed by atoms with van der Waals surface area (Å²) in [6.07, 6.45) is 2.07. The van der Waals surface area contributed by atoms with E-state index in [9.17, 15) is 0 Å². The van der Waals surface area contributed by atoms with Crippen LogP contribution >= 0.6 is 0 Å². The van der Waals surface area contributed by atoms with Gasteiger partial charge in [-0.1, -0.05) is 48.0 Å². The molecule has 0 aliphatic rings. The number of rotatable bonds is 5. The topological polar surface area (TPSA) is 25.2 Å². The van der Waals surface area contributed by atoms with E-state index in [0.717, 1.165) is 24.2 Å². The third-order valence-electron chi connectivity index (χ3n) is 3.94. The number of fused-ring (bicyclic) bond motifs is 1. The molecule has 1 atom stereocenters. The molecule has 2 nitrogen and oxygen atoms in total. The second kappa shape index (κ2) is 6.15. The summed E-state index contributed by atoms with van der Waals surface area (Å²) >= 11 is 0. The lowest BCUT2D eigenvalue weighted by atomic mass is 10.0. The Morgan fingerprint density at radius 2 is 1.90 bits per heavy atom. The minimum atomic E-state index is 0.248. The molecule has 1 aromatic heterocycles. The second-order valence-corrected chi connectivity index (χ2v) is 5.56. The van der Waals surface area contributed by atoms with Gasteiger partial charge >= 0.3 is 0 Å². The molecule has 21 heavy (non-hydrogen) atoms. The maximum Gasteiger partial charge on any atom is 0.134 e. The summed E-state index contributed by atoms with van der Waals surface area (Å²) < 4.78 is 5.97. The Morgan fingerprint density at radius 3 is 2.67 bits per heavy atom. The Hall–Kier alpha value is -2.06. The summed E-state index contributed by atoms with van der Waals surface area (Å²) in [6, 6.07) is 19.3. The van der Waals surface area contributed by atoms with E-state index in [1.165, 1.54) is 16.5 Å². The number of hydrogen-bond acceptors (Lipinski definition) is 2. The first-order valence-corrected chi connectivity index (χ1v) is 7.47. The van der Waals surface area contributed by atoms with E-state index in [0.29, 0.717) is 0 Å². The molecule has 108 valence electrons. The number of nitrogens with one attached hydrogen (secondary N) is 1. The van der Waals surface area contributed by atoms with Gasteiger partial charge in [-0.05, 0) is 44.5 Å². The van der Waals surface area contributed by atoms with Crippen molar-refractivity contribution in [3.05, 3.63) is 71.5 Å². The fourth-order valence-corrected chi connectivity index (χ4v) is 2.78. The third kappa shape index (κ3) is 3.17. The maximum atomic E-state index is 5.97. The van der Waals surface area contributed by atoms with Gasteiger partial charge in [0.25, 0.3) is 0 Å². The zero-order chi connectivity index (χ0) is 14.7. The molecule has 2 heteroatoms. The van der Waals surface area contributed by atoms with Crippen LogP contribution in [0, 0.1) is 6.92 Å². The van der Waals surface area contributed by atoms with E-state index >= 15 is 0 Å². The maximum absolute atomic E-state index is 5.97. The highest BCUT2D eigenvalue weighted by molar-refractivity contribution is 5.77. The van der Waals surface area contributed by atoms with Gasteiger partial charge in [0.05, 0.1) is 6.04 Å². The van der Waals surface area contributed by atoms with Gasteiger partial charge in [0.15, 0.2) is 0 Å². The lowest BCUT2D eigenvalue weighted by Gasteiger charge is -2.13. The molecule has 0 radical (unpaired) electrons. The quantitative estimate of drug-likeness (QED) is 0.736. The first-order valence-electron chi connectivity index (χ1n) is 7.47. The molecule has 2 aromatic carbocycles. The van der Waals surface area contributed by atoms with Crippen molar-refractivity contribution in [1.82, 2.24) is 5.32 Å². The van der Waals surface area contributed by atoms with Gasteiger partial charge < -0.3 is 9.73 Å². The molecular weight excluding hydrogens is 258 g/mol. The van der Waals surface area contributed by atoms with Gasteiger partial charge in [-0.25, -0.2) is 0 Å². The van der Waals surface area contributed by atoms with Crippen molar-refractivity contribution >= 4 is 11.0 Å². The summed E-state index contributed by atoms with van der Waals surface area (Å²) in [5, 5.41) is 4.54. The van der Waals surface area contributed by atoms with Crippen LogP contribution in [0.25, 0.3) is 11.0 Å². The molecule has 0 saturated heterocycles. The SMILES string of the molecule is CNC(CCc1cccc(C)c1)c1cc2ccccc2o1. The fraction of sp³-hybridized carbons (Fsp3) is 0.263. The molecule has 1 heterocycles. The van der Waals surface area contributed by atoms with E-state index in [-0.39, 0.29) is 6.04 Å². The van der Waals surface area contributed by atoms with Crippen LogP contribution in [0.3, 0.4) is 0 Å². The highest BCUT2D eigenvalue weighted by atomic mass is 16.3. The molecule has 0 aliphatic carbocycles. The van der Waals surface area contributed by atoms with Crippen LogP contribution < -0.4 is 5.32 Å². The smallest absolute Gasteiger partial charge is 0.134 e. The van der Waals surface area contributed by atoms with Crippen molar-refractivity contribution < 1.29 is 4.42 Å². The first kappa shape index (κ1) is 13.9. The predicted octanol–water partition coefficient (Wildman–Crippen LogP) is 4.63. The Morgan fingerprint density at radius 1 is 1.05 bits per heavy atom. The monoisotopic (exact) mass is 279 g/mol. The van der Waals surface area contributed by atoms with Crippen LogP contribution in [0.15, 0.2) is 59.0 Å². The summed E-state index contributed by atoms with van der Waals surface area (Å²) in [5.74, 6) is 1.02. The number of furan rings is 1. The molecular formula is C19H21NO. The van der Waals surface area contributed by atoms with Crippen molar-refractivity contribution in [2.75, 3.05) is 7.05 Å². The minimum absolute atomic E-state index is 0.248. The highest BCUT2D eigenvalue weighted by Crippen LogP contribution is 2.26. The van der Waals surface area contributed by atoms with Crippen molar-refractivity contribution in [2.45, 2.75) is 25.8 Å². The van der Waals surface area contributed by atoms with Gasteiger partial charge in [0.2, 0.25) is 0 Å². The fourth-order valence-electron chi connectivity index (χ4n) is 2.78. The van der Waals surface area contributed by atoms with Crippen molar-refractivity contribution in [3.8, 4) is 0 Å². The first-order chi connectivity index (χ1) is 10.3. The molecule has 0 spiro atoms. The van der Waals surface area contributed by atoms with Crippen molar-refractivity contribution in [3.63, 3.8) is 0 Å². The highest BCUT2D eigenvalue weighted by Gasteiger charge is 2.14. The molecule has 0 aliphatic heterocycles. The number of benzene rings is 2. The van der Waals surface area contributed by atoms with Crippen LogP contribution in [0.5, 0.6) is 0 Å². The van der Waals surface area contributed by atoms with Gasteiger partial charge in [0, 0.05) is 5.39 Å². The lowest BCUT2D eigenvalue weighted by Crippen LogP contribution is -2.16. The molecule has 0 fully saturated rings. The summed E-state index contributed by atoms with van der Waals surface area (Å²) in [7, 11) is 1.99.